The first-order chi connectivity index (χ1) is 9.97. The standard InChI is InChI=1S/C16H22N4O/c1-11-8-19-20(10-11)13(3)12(2)18-9-14-4-6-15(7-5-14)16(17)21/h4-8,10,12-13,18H,9H2,1-3H3,(H2,17,21)/t12-,13-/m0/s1. The average molecular weight is 286 g/mol. The molecule has 0 fully saturated rings. The van der Waals surface area contributed by atoms with Gasteiger partial charge < -0.3 is 11.1 Å². The molecule has 1 aromatic heterocycles. The summed E-state index contributed by atoms with van der Waals surface area (Å²) in [4.78, 5) is 11.0. The number of rotatable bonds is 6. The Kier molecular flexibility index (Phi) is 4.75. The van der Waals surface area contributed by atoms with Crippen LogP contribution < -0.4 is 11.1 Å². The molecule has 0 aliphatic carbocycles. The maximum Gasteiger partial charge on any atom is 0.248 e. The van der Waals surface area contributed by atoms with Gasteiger partial charge in [-0.2, -0.15) is 5.10 Å². The Morgan fingerprint density at radius 2 is 2.00 bits per heavy atom. The zero-order valence-corrected chi connectivity index (χ0v) is 12.7. The smallest absolute Gasteiger partial charge is 0.248 e. The molecule has 112 valence electrons. The molecule has 2 aromatic rings. The van der Waals surface area contributed by atoms with Crippen LogP contribution in [0.25, 0.3) is 0 Å². The molecule has 1 heterocycles. The van der Waals surface area contributed by atoms with Crippen molar-refractivity contribution >= 4 is 5.91 Å². The van der Waals surface area contributed by atoms with Gasteiger partial charge in [-0.25, -0.2) is 0 Å². The fourth-order valence-corrected chi connectivity index (χ4v) is 2.12. The van der Waals surface area contributed by atoms with E-state index in [-0.39, 0.29) is 12.1 Å². The molecular formula is C16H22N4O. The molecule has 0 unspecified atom stereocenters. The highest BCUT2D eigenvalue weighted by Gasteiger charge is 2.14. The molecule has 0 bridgehead atoms. The highest BCUT2D eigenvalue weighted by atomic mass is 16.1. The van der Waals surface area contributed by atoms with Crippen molar-refractivity contribution in [2.45, 2.75) is 39.4 Å². The number of hydrogen-bond acceptors (Lipinski definition) is 3. The van der Waals surface area contributed by atoms with Gasteiger partial charge in [0.05, 0.1) is 12.2 Å². The van der Waals surface area contributed by atoms with E-state index in [1.165, 1.54) is 0 Å². The van der Waals surface area contributed by atoms with Crippen LogP contribution in [0.1, 0.15) is 41.4 Å². The van der Waals surface area contributed by atoms with E-state index in [1.807, 2.05) is 36.1 Å². The van der Waals surface area contributed by atoms with Crippen molar-refractivity contribution in [2.24, 2.45) is 5.73 Å². The quantitative estimate of drug-likeness (QED) is 0.853. The van der Waals surface area contributed by atoms with Crippen LogP contribution in [0.5, 0.6) is 0 Å². The van der Waals surface area contributed by atoms with Crippen molar-refractivity contribution in [1.29, 1.82) is 0 Å². The molecule has 5 nitrogen and oxygen atoms in total. The molecule has 2 rings (SSSR count). The largest absolute Gasteiger partial charge is 0.366 e. The molecule has 0 aliphatic rings. The highest BCUT2D eigenvalue weighted by Crippen LogP contribution is 2.12. The second-order valence-electron chi connectivity index (χ2n) is 5.47. The molecule has 0 saturated carbocycles. The van der Waals surface area contributed by atoms with Crippen LogP contribution in [-0.2, 0) is 6.54 Å². The van der Waals surface area contributed by atoms with E-state index in [0.29, 0.717) is 5.56 Å². The topological polar surface area (TPSA) is 72.9 Å². The van der Waals surface area contributed by atoms with Crippen LogP contribution in [0.3, 0.4) is 0 Å². The number of nitrogens with two attached hydrogens (primary N) is 1. The summed E-state index contributed by atoms with van der Waals surface area (Å²) in [6, 6.07) is 7.89. The van der Waals surface area contributed by atoms with Gasteiger partial charge in [-0.15, -0.1) is 0 Å². The van der Waals surface area contributed by atoms with E-state index in [9.17, 15) is 4.79 Å². The predicted molar refractivity (Wildman–Crippen MR) is 82.9 cm³/mol. The summed E-state index contributed by atoms with van der Waals surface area (Å²) in [5.74, 6) is -0.398. The van der Waals surface area contributed by atoms with Crippen LogP contribution in [0.4, 0.5) is 0 Å². The van der Waals surface area contributed by atoms with Crippen molar-refractivity contribution in [3.05, 3.63) is 53.3 Å². The van der Waals surface area contributed by atoms with Crippen molar-refractivity contribution in [2.75, 3.05) is 0 Å². The number of nitrogens with one attached hydrogen (secondary N) is 1. The first-order valence-electron chi connectivity index (χ1n) is 7.10. The van der Waals surface area contributed by atoms with Gasteiger partial charge in [0.25, 0.3) is 0 Å². The minimum atomic E-state index is -0.398. The minimum absolute atomic E-state index is 0.267. The predicted octanol–water partition coefficient (Wildman–Crippen LogP) is 2.03. The Balaban J connectivity index is 1.91. The SMILES string of the molecule is Cc1cnn([C@@H](C)[C@H](C)NCc2ccc(C(N)=O)cc2)c1. The number of amides is 1. The number of hydrogen-bond donors (Lipinski definition) is 2. The van der Waals surface area contributed by atoms with E-state index in [2.05, 4.69) is 24.3 Å². The van der Waals surface area contributed by atoms with E-state index < -0.39 is 5.91 Å². The van der Waals surface area contributed by atoms with Gasteiger partial charge in [-0.05, 0) is 44.0 Å². The van der Waals surface area contributed by atoms with Gasteiger partial charge in [0.15, 0.2) is 0 Å². The van der Waals surface area contributed by atoms with Gasteiger partial charge in [-0.1, -0.05) is 12.1 Å². The summed E-state index contributed by atoms with van der Waals surface area (Å²) in [7, 11) is 0. The molecule has 0 saturated heterocycles. The van der Waals surface area contributed by atoms with Crippen LogP contribution in [0, 0.1) is 6.92 Å². The molecule has 2 atom stereocenters. The van der Waals surface area contributed by atoms with Gasteiger partial charge in [0, 0.05) is 24.3 Å². The van der Waals surface area contributed by atoms with Crippen molar-refractivity contribution in [1.82, 2.24) is 15.1 Å². The molecule has 0 spiro atoms. The summed E-state index contributed by atoms with van der Waals surface area (Å²) in [6.45, 7) is 7.05. The third-order valence-electron chi connectivity index (χ3n) is 3.74. The molecule has 5 heteroatoms. The molecule has 21 heavy (non-hydrogen) atoms. The molecular weight excluding hydrogens is 264 g/mol. The molecule has 0 radical (unpaired) electrons. The lowest BCUT2D eigenvalue weighted by molar-refractivity contribution is 0.100. The zero-order chi connectivity index (χ0) is 15.4. The summed E-state index contributed by atoms with van der Waals surface area (Å²) in [6.07, 6.45) is 3.91. The van der Waals surface area contributed by atoms with E-state index in [1.54, 1.807) is 12.1 Å². The third-order valence-corrected chi connectivity index (χ3v) is 3.74. The Hall–Kier alpha value is -2.14. The fourth-order valence-electron chi connectivity index (χ4n) is 2.12. The summed E-state index contributed by atoms with van der Waals surface area (Å²) in [5, 5.41) is 7.83. The Morgan fingerprint density at radius 3 is 2.52 bits per heavy atom. The van der Waals surface area contributed by atoms with Gasteiger partial charge in [0.1, 0.15) is 0 Å². The van der Waals surface area contributed by atoms with Gasteiger partial charge in [-0.3, -0.25) is 9.48 Å². The first kappa shape index (κ1) is 15.3. The average Bonchev–Trinajstić information content (AvgIpc) is 2.91. The Labute approximate surface area is 125 Å². The molecule has 1 amide bonds. The van der Waals surface area contributed by atoms with E-state index in [4.69, 9.17) is 5.73 Å². The number of aromatic nitrogens is 2. The highest BCUT2D eigenvalue weighted by molar-refractivity contribution is 5.92. The van der Waals surface area contributed by atoms with Crippen LogP contribution in [0.2, 0.25) is 0 Å². The van der Waals surface area contributed by atoms with E-state index >= 15 is 0 Å². The maximum atomic E-state index is 11.0. The number of primary amides is 1. The second-order valence-corrected chi connectivity index (χ2v) is 5.47. The monoisotopic (exact) mass is 286 g/mol. The van der Waals surface area contributed by atoms with Crippen LogP contribution in [0.15, 0.2) is 36.7 Å². The summed E-state index contributed by atoms with van der Waals surface area (Å²) in [5.41, 5.74) is 8.05. The minimum Gasteiger partial charge on any atom is -0.366 e. The molecule has 0 aliphatic heterocycles. The number of nitrogens with zero attached hydrogens (tertiary/aromatic N) is 2. The fraction of sp³-hybridized carbons (Fsp3) is 0.375. The lowest BCUT2D eigenvalue weighted by Crippen LogP contribution is -2.33. The van der Waals surface area contributed by atoms with Crippen molar-refractivity contribution in [3.63, 3.8) is 0 Å². The Morgan fingerprint density at radius 1 is 1.33 bits per heavy atom. The lowest BCUT2D eigenvalue weighted by atomic mass is 10.1. The molecule has 1 aromatic carbocycles. The van der Waals surface area contributed by atoms with Crippen molar-refractivity contribution in [3.8, 4) is 0 Å². The van der Waals surface area contributed by atoms with E-state index in [0.717, 1.165) is 17.7 Å². The van der Waals surface area contributed by atoms with Crippen LogP contribution >= 0.6 is 0 Å². The van der Waals surface area contributed by atoms with Gasteiger partial charge in [0.2, 0.25) is 5.91 Å². The third kappa shape index (κ3) is 3.92. The normalized spacial score (nSPS) is 13.9. The summed E-state index contributed by atoms with van der Waals surface area (Å²) >= 11 is 0. The number of carbonyl (C=O) groups excluding carboxylic acids is 1. The zero-order valence-electron chi connectivity index (χ0n) is 12.7. The van der Waals surface area contributed by atoms with Crippen LogP contribution in [-0.4, -0.2) is 21.7 Å². The first-order valence-corrected chi connectivity index (χ1v) is 7.10. The number of aryl methyl sites for hydroxylation is 1. The molecule has 3 N–H and O–H groups in total. The summed E-state index contributed by atoms with van der Waals surface area (Å²) < 4.78 is 1.98. The number of carbonyl (C=O) groups is 1. The Bertz CT molecular complexity index is 603. The lowest BCUT2D eigenvalue weighted by Gasteiger charge is -2.22. The van der Waals surface area contributed by atoms with Crippen molar-refractivity contribution < 1.29 is 4.79 Å². The number of benzene rings is 1. The maximum absolute atomic E-state index is 11.0. The second kappa shape index (κ2) is 6.54. The van der Waals surface area contributed by atoms with Gasteiger partial charge >= 0.3 is 0 Å².